The fourth-order valence-electron chi connectivity index (χ4n) is 1.66. The van der Waals surface area contributed by atoms with Crippen molar-refractivity contribution in [1.29, 1.82) is 0 Å². The van der Waals surface area contributed by atoms with Gasteiger partial charge in [0.2, 0.25) is 0 Å². The Hall–Kier alpha value is -0.390. The Bertz CT molecular complexity index is 519. The van der Waals surface area contributed by atoms with Crippen LogP contribution in [0.5, 0.6) is 0 Å². The van der Waals surface area contributed by atoms with Crippen molar-refractivity contribution in [3.05, 3.63) is 33.0 Å². The Kier molecular flexibility index (Phi) is 4.22. The summed E-state index contributed by atoms with van der Waals surface area (Å²) in [5.41, 5.74) is 1.01. The number of nitrogens with zero attached hydrogens (tertiary/aromatic N) is 3. The molecule has 0 aliphatic carbocycles. The summed E-state index contributed by atoms with van der Waals surface area (Å²) in [5.74, 6) is 2.00. The predicted octanol–water partition coefficient (Wildman–Crippen LogP) is 4.23. The first-order valence-electron chi connectivity index (χ1n) is 5.10. The summed E-state index contributed by atoms with van der Waals surface area (Å²) in [6.45, 7) is 2.85. The van der Waals surface area contributed by atoms with Gasteiger partial charge < -0.3 is 4.57 Å². The molecule has 2 rings (SSSR count). The summed E-state index contributed by atoms with van der Waals surface area (Å²) in [5, 5.41) is 8.29. The molecule has 0 radical (unpaired) electrons. The van der Waals surface area contributed by atoms with Crippen molar-refractivity contribution in [3.8, 4) is 11.4 Å². The second-order valence-electron chi connectivity index (χ2n) is 3.48. The fourth-order valence-corrected chi connectivity index (χ4v) is 3.15. The molecule has 0 fully saturated rings. The molecule has 0 atom stereocenters. The highest BCUT2D eigenvalue weighted by molar-refractivity contribution is 9.11. The lowest BCUT2D eigenvalue weighted by molar-refractivity contribution is 0.731. The third-order valence-corrected chi connectivity index (χ3v) is 3.54. The smallest absolute Gasteiger partial charge is 0.164 e. The van der Waals surface area contributed by atoms with E-state index in [2.05, 4.69) is 49.0 Å². The molecule has 90 valence electrons. The van der Waals surface area contributed by atoms with E-state index in [1.165, 1.54) is 0 Å². The van der Waals surface area contributed by atoms with Gasteiger partial charge in [-0.1, -0.05) is 31.9 Å². The zero-order chi connectivity index (χ0) is 12.4. The van der Waals surface area contributed by atoms with Gasteiger partial charge in [-0.3, -0.25) is 0 Å². The number of halogens is 3. The minimum atomic E-state index is 0.371. The van der Waals surface area contributed by atoms with E-state index < -0.39 is 0 Å². The summed E-state index contributed by atoms with van der Waals surface area (Å²) >= 11 is 12.8. The number of rotatable bonds is 3. The Morgan fingerprint density at radius 1 is 1.18 bits per heavy atom. The second kappa shape index (κ2) is 5.50. The van der Waals surface area contributed by atoms with Crippen LogP contribution in [0.3, 0.4) is 0 Å². The molecular formula is C11H10Br2ClN3. The van der Waals surface area contributed by atoms with E-state index >= 15 is 0 Å². The van der Waals surface area contributed by atoms with E-state index in [1.54, 1.807) is 0 Å². The molecule has 0 bridgehead atoms. The summed E-state index contributed by atoms with van der Waals surface area (Å²) < 4.78 is 4.02. The van der Waals surface area contributed by atoms with Gasteiger partial charge in [0.05, 0.1) is 5.88 Å². The highest BCUT2D eigenvalue weighted by atomic mass is 79.9. The molecule has 0 aliphatic heterocycles. The summed E-state index contributed by atoms with van der Waals surface area (Å²) in [4.78, 5) is 0. The lowest BCUT2D eigenvalue weighted by Crippen LogP contribution is -2.01. The molecule has 0 N–H and O–H groups in total. The standard InChI is InChI=1S/C11H10Br2ClN3/c1-2-17-10(6-14)15-16-11(17)7-3-8(12)5-9(13)4-7/h3-5H,2,6H2,1H3. The largest absolute Gasteiger partial charge is 0.310 e. The molecule has 0 amide bonds. The van der Waals surface area contributed by atoms with Gasteiger partial charge in [-0.15, -0.1) is 21.8 Å². The quantitative estimate of drug-likeness (QED) is 0.748. The van der Waals surface area contributed by atoms with Crippen LogP contribution < -0.4 is 0 Å². The lowest BCUT2D eigenvalue weighted by atomic mass is 10.2. The molecule has 17 heavy (non-hydrogen) atoms. The molecule has 1 heterocycles. The molecule has 1 aromatic heterocycles. The Balaban J connectivity index is 2.55. The average molecular weight is 379 g/mol. The van der Waals surface area contributed by atoms with E-state index in [1.807, 2.05) is 22.8 Å². The third-order valence-electron chi connectivity index (χ3n) is 2.38. The summed E-state index contributed by atoms with van der Waals surface area (Å²) in [6.07, 6.45) is 0. The summed E-state index contributed by atoms with van der Waals surface area (Å²) in [7, 11) is 0. The van der Waals surface area contributed by atoms with Crippen molar-refractivity contribution in [1.82, 2.24) is 14.8 Å². The lowest BCUT2D eigenvalue weighted by Gasteiger charge is -2.06. The van der Waals surface area contributed by atoms with Crippen molar-refractivity contribution in [3.63, 3.8) is 0 Å². The first-order chi connectivity index (χ1) is 8.15. The first-order valence-corrected chi connectivity index (χ1v) is 7.22. The molecule has 0 aliphatic rings. The molecule has 6 heteroatoms. The number of benzene rings is 1. The van der Waals surface area contributed by atoms with Gasteiger partial charge in [-0.05, 0) is 25.1 Å². The monoisotopic (exact) mass is 377 g/mol. The van der Waals surface area contributed by atoms with Crippen LogP contribution in [0.25, 0.3) is 11.4 Å². The third kappa shape index (κ3) is 2.72. The Morgan fingerprint density at radius 3 is 2.35 bits per heavy atom. The predicted molar refractivity (Wildman–Crippen MR) is 76.1 cm³/mol. The van der Waals surface area contributed by atoms with Crippen LogP contribution in [-0.4, -0.2) is 14.8 Å². The van der Waals surface area contributed by atoms with Gasteiger partial charge in [0.25, 0.3) is 0 Å². The van der Waals surface area contributed by atoms with Gasteiger partial charge in [0.15, 0.2) is 5.82 Å². The van der Waals surface area contributed by atoms with Gasteiger partial charge in [0, 0.05) is 21.1 Å². The first kappa shape index (κ1) is 13.1. The van der Waals surface area contributed by atoms with Crippen LogP contribution in [0, 0.1) is 0 Å². The molecule has 0 spiro atoms. The van der Waals surface area contributed by atoms with Crippen LogP contribution in [0.4, 0.5) is 0 Å². The van der Waals surface area contributed by atoms with Crippen LogP contribution in [0.2, 0.25) is 0 Å². The van der Waals surface area contributed by atoms with Crippen molar-refractivity contribution in [2.24, 2.45) is 0 Å². The van der Waals surface area contributed by atoms with Crippen LogP contribution in [0.1, 0.15) is 12.7 Å². The molecule has 3 nitrogen and oxygen atoms in total. The maximum atomic E-state index is 5.83. The topological polar surface area (TPSA) is 30.7 Å². The second-order valence-corrected chi connectivity index (χ2v) is 5.57. The highest BCUT2D eigenvalue weighted by Gasteiger charge is 2.12. The van der Waals surface area contributed by atoms with Gasteiger partial charge in [-0.2, -0.15) is 0 Å². The van der Waals surface area contributed by atoms with E-state index in [9.17, 15) is 0 Å². The molecular weight excluding hydrogens is 369 g/mol. The average Bonchev–Trinajstić information content (AvgIpc) is 2.70. The molecule has 0 unspecified atom stereocenters. The van der Waals surface area contributed by atoms with Crippen molar-refractivity contribution >= 4 is 43.5 Å². The van der Waals surface area contributed by atoms with E-state index in [4.69, 9.17) is 11.6 Å². The van der Waals surface area contributed by atoms with E-state index in [-0.39, 0.29) is 0 Å². The molecule has 2 aromatic rings. The molecule has 0 saturated carbocycles. The number of aromatic nitrogens is 3. The maximum Gasteiger partial charge on any atom is 0.164 e. The molecule has 0 saturated heterocycles. The van der Waals surface area contributed by atoms with Gasteiger partial charge >= 0.3 is 0 Å². The normalized spacial score (nSPS) is 10.8. The van der Waals surface area contributed by atoms with Crippen molar-refractivity contribution in [2.45, 2.75) is 19.3 Å². The minimum absolute atomic E-state index is 0.371. The zero-order valence-corrected chi connectivity index (χ0v) is 13.0. The number of hydrogen-bond donors (Lipinski definition) is 0. The fraction of sp³-hybridized carbons (Fsp3) is 0.273. The SMILES string of the molecule is CCn1c(CCl)nnc1-c1cc(Br)cc(Br)c1. The Morgan fingerprint density at radius 2 is 1.82 bits per heavy atom. The van der Waals surface area contributed by atoms with Gasteiger partial charge in [0.1, 0.15) is 5.82 Å². The molecule has 1 aromatic carbocycles. The number of hydrogen-bond acceptors (Lipinski definition) is 2. The minimum Gasteiger partial charge on any atom is -0.310 e. The van der Waals surface area contributed by atoms with E-state index in [0.29, 0.717) is 5.88 Å². The van der Waals surface area contributed by atoms with Gasteiger partial charge in [-0.25, -0.2) is 0 Å². The Labute approximate surface area is 121 Å². The van der Waals surface area contributed by atoms with Crippen LogP contribution >= 0.6 is 43.5 Å². The van der Waals surface area contributed by atoms with E-state index in [0.717, 1.165) is 32.7 Å². The number of alkyl halides is 1. The zero-order valence-electron chi connectivity index (χ0n) is 9.12. The van der Waals surface area contributed by atoms with Crippen molar-refractivity contribution < 1.29 is 0 Å². The summed E-state index contributed by atoms with van der Waals surface area (Å²) in [6, 6.07) is 6.01. The van der Waals surface area contributed by atoms with Crippen LogP contribution in [-0.2, 0) is 12.4 Å². The van der Waals surface area contributed by atoms with Crippen molar-refractivity contribution in [2.75, 3.05) is 0 Å². The highest BCUT2D eigenvalue weighted by Crippen LogP contribution is 2.27. The van der Waals surface area contributed by atoms with Crippen LogP contribution in [0.15, 0.2) is 27.1 Å². The maximum absolute atomic E-state index is 5.83.